The van der Waals surface area contributed by atoms with Gasteiger partial charge < -0.3 is 19.5 Å². The van der Waals surface area contributed by atoms with E-state index in [1.54, 1.807) is 29.5 Å². The number of nitrogens with zero attached hydrogens (tertiary/aromatic N) is 1. The topological polar surface area (TPSA) is 86.8 Å². The second-order valence-corrected chi connectivity index (χ2v) is 8.76. The molecule has 0 spiro atoms. The molecule has 4 rings (SSSR count). The van der Waals surface area contributed by atoms with E-state index in [2.05, 4.69) is 10.3 Å². The number of ether oxygens (including phenoxy) is 3. The third-order valence-electron chi connectivity index (χ3n) is 4.41. The van der Waals surface area contributed by atoms with Crippen molar-refractivity contribution in [1.82, 2.24) is 10.3 Å². The van der Waals surface area contributed by atoms with Gasteiger partial charge in [-0.25, -0.2) is 9.78 Å². The van der Waals surface area contributed by atoms with Crippen molar-refractivity contribution in [2.45, 2.75) is 24.1 Å². The van der Waals surface area contributed by atoms with Gasteiger partial charge in [-0.05, 0) is 36.8 Å². The van der Waals surface area contributed by atoms with E-state index >= 15 is 0 Å². The van der Waals surface area contributed by atoms with E-state index in [1.807, 2.05) is 36.6 Å². The molecule has 1 aliphatic rings. The summed E-state index contributed by atoms with van der Waals surface area (Å²) in [7, 11) is 0. The van der Waals surface area contributed by atoms with Crippen molar-refractivity contribution < 1.29 is 23.8 Å². The van der Waals surface area contributed by atoms with Crippen LogP contribution in [-0.2, 0) is 21.8 Å². The molecule has 1 N–H and O–H groups in total. The van der Waals surface area contributed by atoms with Crippen molar-refractivity contribution in [3.05, 3.63) is 69.7 Å². The number of esters is 1. The summed E-state index contributed by atoms with van der Waals surface area (Å²) in [6.45, 7) is 2.10. The minimum Gasteiger partial charge on any atom is -0.454 e. The average Bonchev–Trinajstić information content (AvgIpc) is 3.43. The van der Waals surface area contributed by atoms with Gasteiger partial charge in [0.25, 0.3) is 5.91 Å². The molecular weight excluding hydrogens is 436 g/mol. The first-order valence-electron chi connectivity index (χ1n) is 9.53. The zero-order valence-electron chi connectivity index (χ0n) is 16.8. The minimum atomic E-state index is -0.532. The van der Waals surface area contributed by atoms with Crippen LogP contribution in [0.1, 0.15) is 26.6 Å². The highest BCUT2D eigenvalue weighted by Crippen LogP contribution is 2.32. The number of fused-ring (bicyclic) bond motifs is 1. The van der Waals surface area contributed by atoms with Crippen molar-refractivity contribution in [3.63, 3.8) is 0 Å². The molecule has 1 aliphatic heterocycles. The highest BCUT2D eigenvalue weighted by atomic mass is 32.2. The van der Waals surface area contributed by atoms with E-state index in [0.29, 0.717) is 29.4 Å². The summed E-state index contributed by atoms with van der Waals surface area (Å²) in [5.41, 5.74) is 2.27. The number of nitrogens with one attached hydrogen (secondary N) is 1. The molecule has 0 atom stereocenters. The van der Waals surface area contributed by atoms with Crippen molar-refractivity contribution in [2.24, 2.45) is 0 Å². The zero-order valence-corrected chi connectivity index (χ0v) is 18.4. The molecule has 9 heteroatoms. The fraction of sp³-hybridized carbons (Fsp3) is 0.227. The number of benzene rings is 2. The Balaban J connectivity index is 1.27. The zero-order chi connectivity index (χ0) is 21.6. The lowest BCUT2D eigenvalue weighted by molar-refractivity contribution is -0.124. The van der Waals surface area contributed by atoms with Crippen molar-refractivity contribution in [1.29, 1.82) is 0 Å². The summed E-state index contributed by atoms with van der Waals surface area (Å²) in [5.74, 6) is 1.08. The van der Waals surface area contributed by atoms with Gasteiger partial charge in [-0.15, -0.1) is 23.1 Å². The van der Waals surface area contributed by atoms with E-state index in [0.717, 1.165) is 21.2 Å². The lowest BCUT2D eigenvalue weighted by Gasteiger charge is -2.10. The van der Waals surface area contributed by atoms with Crippen molar-refractivity contribution in [2.75, 3.05) is 13.4 Å². The van der Waals surface area contributed by atoms with Crippen LogP contribution in [0.25, 0.3) is 0 Å². The fourth-order valence-corrected chi connectivity index (χ4v) is 4.55. The summed E-state index contributed by atoms with van der Waals surface area (Å²) in [6, 6.07) is 12.6. The van der Waals surface area contributed by atoms with Crippen LogP contribution >= 0.6 is 23.1 Å². The number of carbonyl (C=O) groups is 2. The smallest absolute Gasteiger partial charge is 0.339 e. The number of thiazole rings is 1. The van der Waals surface area contributed by atoms with Gasteiger partial charge >= 0.3 is 5.97 Å². The Labute approximate surface area is 187 Å². The number of aromatic nitrogens is 1. The van der Waals surface area contributed by atoms with Gasteiger partial charge in [0.05, 0.1) is 16.3 Å². The Morgan fingerprint density at radius 2 is 2.03 bits per heavy atom. The van der Waals surface area contributed by atoms with E-state index in [-0.39, 0.29) is 19.3 Å². The Morgan fingerprint density at radius 3 is 2.87 bits per heavy atom. The second-order valence-electron chi connectivity index (χ2n) is 6.68. The molecule has 0 bridgehead atoms. The van der Waals surface area contributed by atoms with Crippen LogP contribution in [0.4, 0.5) is 0 Å². The van der Waals surface area contributed by atoms with Gasteiger partial charge in [0, 0.05) is 22.6 Å². The average molecular weight is 457 g/mol. The summed E-state index contributed by atoms with van der Waals surface area (Å²) in [4.78, 5) is 29.9. The predicted octanol–water partition coefficient (Wildman–Crippen LogP) is 3.95. The van der Waals surface area contributed by atoms with Crippen molar-refractivity contribution >= 4 is 35.0 Å². The second kappa shape index (κ2) is 9.84. The quantitative estimate of drug-likeness (QED) is 0.406. The van der Waals surface area contributed by atoms with Gasteiger partial charge in [0.1, 0.15) is 0 Å². The maximum Gasteiger partial charge on any atom is 0.339 e. The number of hydrogen-bond acceptors (Lipinski definition) is 8. The number of thioether (sulfide) groups is 1. The molecule has 31 heavy (non-hydrogen) atoms. The fourth-order valence-electron chi connectivity index (χ4n) is 2.90. The highest BCUT2D eigenvalue weighted by molar-refractivity contribution is 7.98. The molecule has 1 amide bonds. The third-order valence-corrected chi connectivity index (χ3v) is 6.34. The largest absolute Gasteiger partial charge is 0.454 e. The Morgan fingerprint density at radius 1 is 1.19 bits per heavy atom. The molecule has 2 heterocycles. The van der Waals surface area contributed by atoms with Gasteiger partial charge in [-0.3, -0.25) is 4.79 Å². The molecular formula is C22H20N2O5S2. The van der Waals surface area contributed by atoms with Crippen LogP contribution in [0.15, 0.2) is 52.7 Å². The van der Waals surface area contributed by atoms with Crippen LogP contribution in [0.3, 0.4) is 0 Å². The van der Waals surface area contributed by atoms with Crippen LogP contribution in [0.2, 0.25) is 0 Å². The summed E-state index contributed by atoms with van der Waals surface area (Å²) < 4.78 is 15.8. The number of rotatable bonds is 8. The van der Waals surface area contributed by atoms with E-state index in [1.165, 1.54) is 11.8 Å². The standard InChI is InChI=1S/C22H20N2O5S2/c1-14-24-16(11-30-14)12-31-20-5-3-2-4-17(20)22(26)27-10-21(25)23-9-15-6-7-18-19(8-15)29-13-28-18/h2-8,11H,9-10,12-13H2,1H3,(H,23,25). The molecule has 0 radical (unpaired) electrons. The number of amides is 1. The third kappa shape index (κ3) is 5.56. The SMILES string of the molecule is Cc1nc(CSc2ccccc2C(=O)OCC(=O)NCc2ccc3c(c2)OCO3)cs1. The molecule has 1 aromatic heterocycles. The molecule has 160 valence electrons. The number of carbonyl (C=O) groups excluding carboxylic acids is 2. The summed E-state index contributed by atoms with van der Waals surface area (Å²) in [5, 5.41) is 5.75. The summed E-state index contributed by atoms with van der Waals surface area (Å²) in [6.07, 6.45) is 0. The first kappa shape index (κ1) is 21.2. The lowest BCUT2D eigenvalue weighted by Crippen LogP contribution is -2.28. The van der Waals surface area contributed by atoms with E-state index in [9.17, 15) is 9.59 Å². The molecule has 0 aliphatic carbocycles. The minimum absolute atomic E-state index is 0.199. The normalized spacial score (nSPS) is 11.9. The lowest BCUT2D eigenvalue weighted by atomic mass is 10.2. The Hall–Kier alpha value is -3.04. The van der Waals surface area contributed by atoms with Gasteiger partial charge in [0.2, 0.25) is 6.79 Å². The number of hydrogen-bond donors (Lipinski definition) is 1. The Bertz CT molecular complexity index is 1100. The summed E-state index contributed by atoms with van der Waals surface area (Å²) >= 11 is 3.11. The maximum absolute atomic E-state index is 12.5. The number of aryl methyl sites for hydroxylation is 1. The monoisotopic (exact) mass is 456 g/mol. The first-order chi connectivity index (χ1) is 15.1. The molecule has 2 aromatic carbocycles. The molecule has 3 aromatic rings. The van der Waals surface area contributed by atoms with Crippen LogP contribution in [-0.4, -0.2) is 30.3 Å². The molecule has 7 nitrogen and oxygen atoms in total. The van der Waals surface area contributed by atoms with E-state index in [4.69, 9.17) is 14.2 Å². The van der Waals surface area contributed by atoms with Crippen LogP contribution in [0.5, 0.6) is 11.5 Å². The van der Waals surface area contributed by atoms with Gasteiger partial charge in [-0.1, -0.05) is 18.2 Å². The van der Waals surface area contributed by atoms with E-state index < -0.39 is 5.97 Å². The highest BCUT2D eigenvalue weighted by Gasteiger charge is 2.16. The molecule has 0 saturated carbocycles. The van der Waals surface area contributed by atoms with Crippen molar-refractivity contribution in [3.8, 4) is 11.5 Å². The van der Waals surface area contributed by atoms with Crippen LogP contribution < -0.4 is 14.8 Å². The molecule has 0 saturated heterocycles. The first-order valence-corrected chi connectivity index (χ1v) is 11.4. The Kier molecular flexibility index (Phi) is 6.73. The van der Waals surface area contributed by atoms with Gasteiger partial charge in [0.15, 0.2) is 18.1 Å². The molecule has 0 unspecified atom stereocenters. The molecule has 0 fully saturated rings. The van der Waals surface area contributed by atoms with Gasteiger partial charge in [-0.2, -0.15) is 0 Å². The predicted molar refractivity (Wildman–Crippen MR) is 118 cm³/mol. The maximum atomic E-state index is 12.5. The van der Waals surface area contributed by atoms with Crippen LogP contribution in [0, 0.1) is 6.92 Å².